The minimum absolute atomic E-state index is 0.0680. The molecule has 1 amide bonds. The summed E-state index contributed by atoms with van der Waals surface area (Å²) in [6.07, 6.45) is 4.32. The second kappa shape index (κ2) is 5.75. The van der Waals surface area contributed by atoms with E-state index in [4.69, 9.17) is 0 Å². The molecule has 0 unspecified atom stereocenters. The lowest BCUT2D eigenvalue weighted by Gasteiger charge is -2.15. The Balaban J connectivity index is 1.72. The van der Waals surface area contributed by atoms with Crippen LogP contribution in [0.5, 0.6) is 0 Å². The Bertz CT molecular complexity index is 751. The number of rotatable bonds is 4. The monoisotopic (exact) mass is 280 g/mol. The molecule has 1 N–H and O–H groups in total. The van der Waals surface area contributed by atoms with Crippen LogP contribution in [-0.4, -0.2) is 39.6 Å². The fourth-order valence-corrected chi connectivity index (χ4v) is 2.26. The molecule has 0 saturated carbocycles. The Morgan fingerprint density at radius 1 is 1.19 bits per heavy atom. The molecule has 106 valence electrons. The summed E-state index contributed by atoms with van der Waals surface area (Å²) in [5.74, 6) is -0.0680. The molecule has 2 aromatic heterocycles. The van der Waals surface area contributed by atoms with Crippen molar-refractivity contribution in [3.05, 3.63) is 60.0 Å². The lowest BCUT2D eigenvalue weighted by atomic mass is 10.1. The van der Waals surface area contributed by atoms with E-state index in [2.05, 4.69) is 15.2 Å². The number of H-pyrrole nitrogens is 1. The first-order valence-electron chi connectivity index (χ1n) is 6.83. The number of carbonyl (C=O) groups is 1. The van der Waals surface area contributed by atoms with Gasteiger partial charge in [-0.25, -0.2) is 0 Å². The molecule has 21 heavy (non-hydrogen) atoms. The standard InChI is InChI=1S/C16H16N4O/c1-20(11-8-12-6-9-17-10-7-12)16(21)15-13-4-2-3-5-14(13)18-19-15/h2-7,9-10H,8,11H2,1H3,(H,18,19). The molecule has 1 aromatic carbocycles. The van der Waals surface area contributed by atoms with E-state index in [-0.39, 0.29) is 5.91 Å². The smallest absolute Gasteiger partial charge is 0.274 e. The molecule has 0 spiro atoms. The molecule has 5 nitrogen and oxygen atoms in total. The van der Waals surface area contributed by atoms with Gasteiger partial charge in [-0.05, 0) is 30.2 Å². The maximum absolute atomic E-state index is 12.5. The number of likely N-dealkylation sites (N-methyl/N-ethyl adjacent to an activating group) is 1. The summed E-state index contributed by atoms with van der Waals surface area (Å²) in [4.78, 5) is 18.2. The minimum atomic E-state index is -0.0680. The maximum Gasteiger partial charge on any atom is 0.274 e. The Morgan fingerprint density at radius 3 is 2.76 bits per heavy atom. The highest BCUT2D eigenvalue weighted by Gasteiger charge is 2.17. The number of carbonyl (C=O) groups excluding carboxylic acids is 1. The second-order valence-electron chi connectivity index (χ2n) is 4.95. The van der Waals surface area contributed by atoms with Crippen LogP contribution in [0.15, 0.2) is 48.8 Å². The van der Waals surface area contributed by atoms with Gasteiger partial charge >= 0.3 is 0 Å². The van der Waals surface area contributed by atoms with Gasteiger partial charge in [0.25, 0.3) is 5.91 Å². The first kappa shape index (κ1) is 13.3. The molecular weight excluding hydrogens is 264 g/mol. The Hall–Kier alpha value is -2.69. The summed E-state index contributed by atoms with van der Waals surface area (Å²) in [5.41, 5.74) is 2.52. The second-order valence-corrected chi connectivity index (χ2v) is 4.95. The van der Waals surface area contributed by atoms with Crippen LogP contribution < -0.4 is 0 Å². The maximum atomic E-state index is 12.5. The third-order valence-corrected chi connectivity index (χ3v) is 3.50. The first-order valence-corrected chi connectivity index (χ1v) is 6.83. The summed E-state index contributed by atoms with van der Waals surface area (Å²) in [7, 11) is 1.80. The van der Waals surface area contributed by atoms with Gasteiger partial charge < -0.3 is 4.90 Å². The molecular formula is C16H16N4O. The first-order chi connectivity index (χ1) is 10.3. The van der Waals surface area contributed by atoms with Gasteiger partial charge in [0.2, 0.25) is 0 Å². The molecule has 0 aliphatic heterocycles. The predicted octanol–water partition coefficient (Wildman–Crippen LogP) is 2.27. The van der Waals surface area contributed by atoms with Crippen molar-refractivity contribution in [3.8, 4) is 0 Å². The number of benzene rings is 1. The Labute approximate surface area is 122 Å². The zero-order chi connectivity index (χ0) is 14.7. The van der Waals surface area contributed by atoms with Crippen molar-refractivity contribution in [2.45, 2.75) is 6.42 Å². The van der Waals surface area contributed by atoms with Gasteiger partial charge in [-0.3, -0.25) is 14.9 Å². The van der Waals surface area contributed by atoms with Crippen LogP contribution in [0.1, 0.15) is 16.1 Å². The number of pyridine rings is 1. The van der Waals surface area contributed by atoms with Gasteiger partial charge in [0.05, 0.1) is 5.52 Å². The molecule has 3 aromatic rings. The van der Waals surface area contributed by atoms with E-state index in [1.165, 1.54) is 0 Å². The van der Waals surface area contributed by atoms with Crippen LogP contribution in [0.3, 0.4) is 0 Å². The van der Waals surface area contributed by atoms with Gasteiger partial charge in [0.1, 0.15) is 0 Å². The number of hydrogen-bond acceptors (Lipinski definition) is 3. The van der Waals surface area contributed by atoms with Gasteiger partial charge in [0, 0.05) is 31.4 Å². The van der Waals surface area contributed by atoms with Gasteiger partial charge in [-0.15, -0.1) is 0 Å². The normalized spacial score (nSPS) is 10.7. The summed E-state index contributed by atoms with van der Waals surface area (Å²) >= 11 is 0. The third kappa shape index (κ3) is 2.76. The minimum Gasteiger partial charge on any atom is -0.340 e. The molecule has 0 bridgehead atoms. The van der Waals surface area contributed by atoms with Crippen molar-refractivity contribution in [2.24, 2.45) is 0 Å². The van der Waals surface area contributed by atoms with E-state index in [1.54, 1.807) is 24.3 Å². The number of aromatic nitrogens is 3. The van der Waals surface area contributed by atoms with Crippen LogP contribution in [0, 0.1) is 0 Å². The van der Waals surface area contributed by atoms with Crippen LogP contribution in [0.4, 0.5) is 0 Å². The van der Waals surface area contributed by atoms with Gasteiger partial charge in [0.15, 0.2) is 5.69 Å². The highest BCUT2D eigenvalue weighted by molar-refractivity contribution is 6.04. The molecule has 5 heteroatoms. The molecule has 3 rings (SSSR count). The summed E-state index contributed by atoms with van der Waals surface area (Å²) in [6.45, 7) is 0.643. The van der Waals surface area contributed by atoms with E-state index in [0.717, 1.165) is 22.9 Å². The fraction of sp³-hybridized carbons (Fsp3) is 0.188. The number of amides is 1. The predicted molar refractivity (Wildman–Crippen MR) is 81.0 cm³/mol. The number of nitrogens with one attached hydrogen (secondary N) is 1. The quantitative estimate of drug-likeness (QED) is 0.797. The SMILES string of the molecule is CN(CCc1ccncc1)C(=O)c1n[nH]c2ccccc12. The number of aromatic amines is 1. The van der Waals surface area contributed by atoms with Gasteiger partial charge in [-0.2, -0.15) is 5.10 Å². The Kier molecular flexibility index (Phi) is 3.64. The molecule has 0 atom stereocenters. The van der Waals surface area contributed by atoms with Crippen LogP contribution in [0.2, 0.25) is 0 Å². The zero-order valence-electron chi connectivity index (χ0n) is 11.8. The zero-order valence-corrected chi connectivity index (χ0v) is 11.8. The van der Waals surface area contributed by atoms with Crippen LogP contribution in [0.25, 0.3) is 10.9 Å². The summed E-state index contributed by atoms with van der Waals surface area (Å²) in [6, 6.07) is 11.6. The number of nitrogens with zero attached hydrogens (tertiary/aromatic N) is 3. The third-order valence-electron chi connectivity index (χ3n) is 3.50. The lowest BCUT2D eigenvalue weighted by molar-refractivity contribution is 0.0792. The molecule has 0 saturated heterocycles. The molecule has 0 radical (unpaired) electrons. The van der Waals surface area contributed by atoms with Crippen molar-refractivity contribution >= 4 is 16.8 Å². The van der Waals surface area contributed by atoms with Gasteiger partial charge in [-0.1, -0.05) is 18.2 Å². The van der Waals surface area contributed by atoms with Crippen molar-refractivity contribution in [1.29, 1.82) is 0 Å². The molecule has 2 heterocycles. The lowest BCUT2D eigenvalue weighted by Crippen LogP contribution is -2.29. The highest BCUT2D eigenvalue weighted by Crippen LogP contribution is 2.16. The highest BCUT2D eigenvalue weighted by atomic mass is 16.2. The van der Waals surface area contributed by atoms with Crippen molar-refractivity contribution in [3.63, 3.8) is 0 Å². The average molecular weight is 280 g/mol. The van der Waals surface area contributed by atoms with Crippen LogP contribution in [-0.2, 0) is 6.42 Å². The molecule has 0 aliphatic carbocycles. The van der Waals surface area contributed by atoms with Crippen molar-refractivity contribution in [2.75, 3.05) is 13.6 Å². The van der Waals surface area contributed by atoms with Crippen LogP contribution >= 0.6 is 0 Å². The van der Waals surface area contributed by atoms with E-state index in [1.807, 2.05) is 36.4 Å². The largest absolute Gasteiger partial charge is 0.340 e. The van der Waals surface area contributed by atoms with Crippen molar-refractivity contribution in [1.82, 2.24) is 20.1 Å². The van der Waals surface area contributed by atoms with E-state index < -0.39 is 0 Å². The number of fused-ring (bicyclic) bond motifs is 1. The van der Waals surface area contributed by atoms with E-state index in [0.29, 0.717) is 12.2 Å². The number of hydrogen-bond donors (Lipinski definition) is 1. The molecule has 0 fully saturated rings. The molecule has 0 aliphatic rings. The fourth-order valence-electron chi connectivity index (χ4n) is 2.26. The summed E-state index contributed by atoms with van der Waals surface area (Å²) < 4.78 is 0. The van der Waals surface area contributed by atoms with E-state index in [9.17, 15) is 4.79 Å². The number of para-hydroxylation sites is 1. The van der Waals surface area contributed by atoms with Crippen molar-refractivity contribution < 1.29 is 4.79 Å². The topological polar surface area (TPSA) is 61.9 Å². The summed E-state index contributed by atoms with van der Waals surface area (Å²) in [5, 5.41) is 7.90. The van der Waals surface area contributed by atoms with E-state index >= 15 is 0 Å². The Morgan fingerprint density at radius 2 is 1.95 bits per heavy atom. The average Bonchev–Trinajstić information content (AvgIpc) is 2.97.